The molecule has 0 radical (unpaired) electrons. The molecule has 0 bridgehead atoms. The summed E-state index contributed by atoms with van der Waals surface area (Å²) < 4.78 is 5.28. The quantitative estimate of drug-likeness (QED) is 0.544. The Morgan fingerprint density at radius 1 is 1.11 bits per heavy atom. The van der Waals surface area contributed by atoms with Gasteiger partial charge >= 0.3 is 0 Å². The van der Waals surface area contributed by atoms with Gasteiger partial charge < -0.3 is 15.4 Å². The lowest BCUT2D eigenvalue weighted by atomic mass is 10.1. The van der Waals surface area contributed by atoms with Gasteiger partial charge in [0.15, 0.2) is 10.9 Å². The number of benzene rings is 2. The van der Waals surface area contributed by atoms with Crippen LogP contribution >= 0.6 is 12.2 Å². The van der Waals surface area contributed by atoms with Crippen molar-refractivity contribution in [2.24, 2.45) is 0 Å². The van der Waals surface area contributed by atoms with Crippen LogP contribution in [0.1, 0.15) is 41.7 Å². The Labute approximate surface area is 172 Å². The highest BCUT2D eigenvalue weighted by Crippen LogP contribution is 2.26. The molecule has 1 heterocycles. The van der Waals surface area contributed by atoms with Gasteiger partial charge in [-0.2, -0.15) is 0 Å². The van der Waals surface area contributed by atoms with E-state index in [0.717, 1.165) is 31.1 Å². The first-order valence-corrected chi connectivity index (χ1v) is 10.0. The van der Waals surface area contributed by atoms with Crippen molar-refractivity contribution in [3.05, 3.63) is 59.7 Å². The molecule has 0 aromatic heterocycles. The number of nitrogens with one attached hydrogen (secondary N) is 2. The maximum atomic E-state index is 11.4. The Hall–Kier alpha value is -2.44. The SMILES string of the molecule is COc1ccc([C@H](CNC(=S)Nc2ccc(C(C)=O)cc2)N2CCCC2)cc1. The van der Waals surface area contributed by atoms with Crippen LogP contribution in [0.15, 0.2) is 48.5 Å². The average molecular weight is 398 g/mol. The monoisotopic (exact) mass is 397 g/mol. The molecule has 0 spiro atoms. The van der Waals surface area contributed by atoms with Gasteiger partial charge in [-0.05, 0) is 87.0 Å². The fourth-order valence-electron chi connectivity index (χ4n) is 3.49. The number of hydrogen-bond donors (Lipinski definition) is 2. The summed E-state index contributed by atoms with van der Waals surface area (Å²) in [5, 5.41) is 7.12. The van der Waals surface area contributed by atoms with Gasteiger partial charge in [0.25, 0.3) is 0 Å². The fraction of sp³-hybridized carbons (Fsp3) is 0.364. The first kappa shape index (κ1) is 20.3. The van der Waals surface area contributed by atoms with Crippen LogP contribution in [0, 0.1) is 0 Å². The highest BCUT2D eigenvalue weighted by atomic mass is 32.1. The van der Waals surface area contributed by atoms with E-state index in [1.54, 1.807) is 26.2 Å². The summed E-state index contributed by atoms with van der Waals surface area (Å²) in [6.45, 7) is 4.49. The number of Topliss-reactive ketones (excluding diaryl/α,β-unsaturated/α-hetero) is 1. The second kappa shape index (κ2) is 9.66. The molecule has 1 saturated heterocycles. The second-order valence-electron chi connectivity index (χ2n) is 7.00. The number of carbonyl (C=O) groups excluding carboxylic acids is 1. The van der Waals surface area contributed by atoms with Gasteiger partial charge in [0.1, 0.15) is 5.75 Å². The molecule has 2 aromatic rings. The maximum absolute atomic E-state index is 11.4. The van der Waals surface area contributed by atoms with Crippen LogP contribution in [-0.4, -0.2) is 42.5 Å². The molecule has 1 aliphatic rings. The molecule has 1 aliphatic heterocycles. The number of ether oxygens (including phenoxy) is 1. The first-order chi connectivity index (χ1) is 13.6. The first-order valence-electron chi connectivity index (χ1n) is 9.60. The van der Waals surface area contributed by atoms with Crippen molar-refractivity contribution in [1.82, 2.24) is 10.2 Å². The van der Waals surface area contributed by atoms with Crippen molar-refractivity contribution >= 4 is 28.8 Å². The highest BCUT2D eigenvalue weighted by Gasteiger charge is 2.23. The standard InChI is InChI=1S/C22H27N3O2S/c1-16(26)17-5-9-19(10-6-17)24-22(28)23-15-21(25-13-3-4-14-25)18-7-11-20(27-2)12-8-18/h5-12,21H,3-4,13-15H2,1-2H3,(H2,23,24,28)/t21-/m0/s1. The normalized spacial score (nSPS) is 15.1. The average Bonchev–Trinajstić information content (AvgIpc) is 3.23. The van der Waals surface area contributed by atoms with Crippen molar-refractivity contribution in [2.45, 2.75) is 25.8 Å². The lowest BCUT2D eigenvalue weighted by Gasteiger charge is -2.29. The molecule has 0 saturated carbocycles. The zero-order chi connectivity index (χ0) is 19.9. The molecular formula is C22H27N3O2S. The molecule has 1 fully saturated rings. The number of nitrogens with zero attached hydrogens (tertiary/aromatic N) is 1. The van der Waals surface area contributed by atoms with E-state index in [0.29, 0.717) is 10.7 Å². The molecule has 0 unspecified atom stereocenters. The highest BCUT2D eigenvalue weighted by molar-refractivity contribution is 7.80. The van der Waals surface area contributed by atoms with Gasteiger partial charge in [-0.3, -0.25) is 9.69 Å². The van der Waals surface area contributed by atoms with Crippen molar-refractivity contribution in [3.63, 3.8) is 0 Å². The van der Waals surface area contributed by atoms with Gasteiger partial charge in [-0.1, -0.05) is 12.1 Å². The minimum atomic E-state index is 0.0557. The summed E-state index contributed by atoms with van der Waals surface area (Å²) in [6, 6.07) is 15.9. The Bertz CT molecular complexity index is 800. The van der Waals surface area contributed by atoms with Crippen LogP contribution < -0.4 is 15.4 Å². The van der Waals surface area contributed by atoms with E-state index in [2.05, 4.69) is 27.7 Å². The Morgan fingerprint density at radius 2 is 1.75 bits per heavy atom. The second-order valence-corrected chi connectivity index (χ2v) is 7.41. The predicted octanol–water partition coefficient (Wildman–Crippen LogP) is 4.02. The summed E-state index contributed by atoms with van der Waals surface area (Å²) in [5.41, 5.74) is 2.81. The van der Waals surface area contributed by atoms with E-state index < -0.39 is 0 Å². The molecular weight excluding hydrogens is 370 g/mol. The van der Waals surface area contributed by atoms with E-state index >= 15 is 0 Å². The van der Waals surface area contributed by atoms with E-state index in [9.17, 15) is 4.79 Å². The fourth-order valence-corrected chi connectivity index (χ4v) is 3.69. The van der Waals surface area contributed by atoms with Gasteiger partial charge in [-0.15, -0.1) is 0 Å². The third-order valence-corrected chi connectivity index (χ3v) is 5.33. The topological polar surface area (TPSA) is 53.6 Å². The molecule has 5 nitrogen and oxygen atoms in total. The number of rotatable bonds is 7. The third kappa shape index (κ3) is 5.30. The number of carbonyl (C=O) groups is 1. The number of methoxy groups -OCH3 is 1. The lowest BCUT2D eigenvalue weighted by Crippen LogP contribution is -2.38. The van der Waals surface area contributed by atoms with Gasteiger partial charge in [0.05, 0.1) is 13.2 Å². The zero-order valence-corrected chi connectivity index (χ0v) is 17.2. The summed E-state index contributed by atoms with van der Waals surface area (Å²) in [5.74, 6) is 0.920. The summed E-state index contributed by atoms with van der Waals surface area (Å²) in [6.07, 6.45) is 2.47. The van der Waals surface area contributed by atoms with E-state index in [-0.39, 0.29) is 11.8 Å². The van der Waals surface area contributed by atoms with Crippen LogP contribution in [0.2, 0.25) is 0 Å². The number of hydrogen-bond acceptors (Lipinski definition) is 4. The number of thiocarbonyl (C=S) groups is 1. The van der Waals surface area contributed by atoms with Gasteiger partial charge in [0.2, 0.25) is 0 Å². The van der Waals surface area contributed by atoms with Crippen LogP contribution in [-0.2, 0) is 0 Å². The maximum Gasteiger partial charge on any atom is 0.170 e. The largest absolute Gasteiger partial charge is 0.497 e. The zero-order valence-electron chi connectivity index (χ0n) is 16.4. The smallest absolute Gasteiger partial charge is 0.170 e. The molecule has 0 amide bonds. The van der Waals surface area contributed by atoms with Crippen molar-refractivity contribution < 1.29 is 9.53 Å². The molecule has 1 atom stereocenters. The summed E-state index contributed by atoms with van der Waals surface area (Å²) in [4.78, 5) is 13.9. The van der Waals surface area contributed by atoms with Gasteiger partial charge in [0, 0.05) is 17.8 Å². The minimum absolute atomic E-state index is 0.0557. The Balaban J connectivity index is 1.62. The summed E-state index contributed by atoms with van der Waals surface area (Å²) >= 11 is 5.48. The molecule has 148 valence electrons. The van der Waals surface area contributed by atoms with E-state index in [1.807, 2.05) is 24.3 Å². The lowest BCUT2D eigenvalue weighted by molar-refractivity contribution is 0.101. The van der Waals surface area contributed by atoms with Crippen molar-refractivity contribution in [1.29, 1.82) is 0 Å². The van der Waals surface area contributed by atoms with Crippen LogP contribution in [0.25, 0.3) is 0 Å². The Morgan fingerprint density at radius 3 is 2.32 bits per heavy atom. The van der Waals surface area contributed by atoms with E-state index in [4.69, 9.17) is 17.0 Å². The molecule has 3 rings (SSSR count). The van der Waals surface area contributed by atoms with Crippen LogP contribution in [0.4, 0.5) is 5.69 Å². The molecule has 2 N–H and O–H groups in total. The van der Waals surface area contributed by atoms with Crippen LogP contribution in [0.3, 0.4) is 0 Å². The molecule has 6 heteroatoms. The molecule has 2 aromatic carbocycles. The Kier molecular flexibility index (Phi) is 7.01. The number of ketones is 1. The van der Waals surface area contributed by atoms with Crippen molar-refractivity contribution in [2.75, 3.05) is 32.1 Å². The molecule has 28 heavy (non-hydrogen) atoms. The number of likely N-dealkylation sites (tertiary alicyclic amines) is 1. The van der Waals surface area contributed by atoms with E-state index in [1.165, 1.54) is 18.4 Å². The van der Waals surface area contributed by atoms with Gasteiger partial charge in [-0.25, -0.2) is 0 Å². The van der Waals surface area contributed by atoms with Crippen LogP contribution in [0.5, 0.6) is 5.75 Å². The number of anilines is 1. The third-order valence-electron chi connectivity index (χ3n) is 5.09. The molecule has 0 aliphatic carbocycles. The van der Waals surface area contributed by atoms with Crippen molar-refractivity contribution in [3.8, 4) is 5.75 Å². The minimum Gasteiger partial charge on any atom is -0.497 e. The predicted molar refractivity (Wildman–Crippen MR) is 117 cm³/mol. The summed E-state index contributed by atoms with van der Waals surface area (Å²) in [7, 11) is 1.68.